The van der Waals surface area contributed by atoms with Crippen LogP contribution in [0, 0.1) is 55.7 Å². The number of likely N-dealkylation sites (tertiary alicyclic amines) is 3. The SMILES string of the molecule is C=CC(=O)N1CCN(c2nc(=O)n3c4c(c(-c5cc(Cl)c(F)cc5F)c(C)cc24)SCC3CN2CC(F)C2)CC1.C=CC(=O)N1CCN(c2nc(=O)n3c4c(c(-c5cc(Cl)c(F)cc5F)c(C)cc24)SCC3CN2CCC2)CC1.C=CC(=O)N1CCN(c2nc(=O)n3c4c(c(-c5cc(Cl)c(F)cc5F)c(C)cc24)SCC3CN2CCCC2)CC1. The van der Waals surface area contributed by atoms with Gasteiger partial charge < -0.3 is 39.2 Å². The molecule has 3 aromatic heterocycles. The first kappa shape index (κ1) is 83.7. The number of alkyl halides is 1. The number of aromatic nitrogens is 6. The smallest absolute Gasteiger partial charge is 0.350 e. The maximum atomic E-state index is 15.2. The number of thioether (sulfide) groups is 3. The van der Waals surface area contributed by atoms with E-state index in [9.17, 15) is 46.3 Å². The molecule has 3 atom stereocenters. The van der Waals surface area contributed by atoms with Gasteiger partial charge in [-0.25, -0.2) is 45.1 Å². The third-order valence-electron chi connectivity index (χ3n) is 23.9. The monoisotopic (exact) mass is 1750 g/mol. The lowest BCUT2D eigenvalue weighted by atomic mass is 9.96. The molecule has 0 bridgehead atoms. The molecule has 3 amide bonds. The zero-order valence-corrected chi connectivity index (χ0v) is 70.3. The van der Waals surface area contributed by atoms with Gasteiger partial charge in [0.1, 0.15) is 58.5 Å². The van der Waals surface area contributed by atoms with E-state index < -0.39 is 46.8 Å². The number of rotatable bonds is 15. The second-order valence-corrected chi connectivity index (χ2v) is 35.6. The van der Waals surface area contributed by atoms with Crippen LogP contribution in [-0.4, -0.2) is 237 Å². The molecule has 34 heteroatoms. The van der Waals surface area contributed by atoms with Gasteiger partial charge in [-0.15, -0.1) is 35.3 Å². The number of amides is 3. The van der Waals surface area contributed by atoms with Crippen molar-refractivity contribution in [3.05, 3.63) is 191 Å². The van der Waals surface area contributed by atoms with Gasteiger partial charge in [0, 0.05) is 211 Å². The number of aryl methyl sites for hydroxylation is 3. The van der Waals surface area contributed by atoms with Crippen molar-refractivity contribution in [2.24, 2.45) is 0 Å². The highest BCUT2D eigenvalue weighted by Crippen LogP contribution is 2.52. The van der Waals surface area contributed by atoms with E-state index in [-0.39, 0.29) is 79.0 Å². The summed E-state index contributed by atoms with van der Waals surface area (Å²) in [5.41, 5.74) is 5.57. The van der Waals surface area contributed by atoms with Crippen LogP contribution in [-0.2, 0) is 14.4 Å². The number of nitrogens with zero attached hydrogens (tertiary/aromatic N) is 15. The second-order valence-electron chi connectivity index (χ2n) is 31.3. The Labute approximate surface area is 709 Å². The number of halogens is 10. The van der Waals surface area contributed by atoms with Crippen molar-refractivity contribution in [3.63, 3.8) is 0 Å². The fourth-order valence-corrected chi connectivity index (χ4v) is 22.4. The van der Waals surface area contributed by atoms with Crippen LogP contribution in [0.5, 0.6) is 0 Å². The van der Waals surface area contributed by atoms with Crippen molar-refractivity contribution < 1.29 is 45.1 Å². The van der Waals surface area contributed by atoms with Crippen LogP contribution >= 0.6 is 70.1 Å². The van der Waals surface area contributed by atoms with E-state index in [1.54, 1.807) is 51.9 Å². The molecule has 6 fully saturated rings. The Bertz CT molecular complexity index is 5870. The third-order valence-corrected chi connectivity index (χ3v) is 28.5. The highest BCUT2D eigenvalue weighted by Gasteiger charge is 2.40. The topological polar surface area (TPSA) is 185 Å². The van der Waals surface area contributed by atoms with Crippen LogP contribution in [0.25, 0.3) is 66.1 Å². The Kier molecular flexibility index (Phi) is 24.3. The lowest BCUT2D eigenvalue weighted by Crippen LogP contribution is -2.52. The summed E-state index contributed by atoms with van der Waals surface area (Å²) in [5.74, 6) is -1.60. The summed E-state index contributed by atoms with van der Waals surface area (Å²) in [6.45, 7) is 28.9. The normalized spacial score (nSPS) is 19.5. The van der Waals surface area contributed by atoms with Gasteiger partial charge in [-0.2, -0.15) is 15.0 Å². The van der Waals surface area contributed by atoms with E-state index in [0.29, 0.717) is 160 Å². The summed E-state index contributed by atoms with van der Waals surface area (Å²) < 4.78 is 106. The van der Waals surface area contributed by atoms with Gasteiger partial charge in [0.25, 0.3) is 0 Å². The Balaban J connectivity index is 0.000000133. The molecule has 21 nitrogen and oxygen atoms in total. The van der Waals surface area contributed by atoms with Gasteiger partial charge in [0.15, 0.2) is 0 Å². The molecule has 18 rings (SSSR count). The highest BCUT2D eigenvalue weighted by molar-refractivity contribution is 8.00. The first-order chi connectivity index (χ1) is 57.2. The third kappa shape index (κ3) is 16.1. The standard InChI is InChI=1S/C29H30ClF2N5O2S.C28H27ClF3N5O2S.C28H28ClF2N5O2S/c1-3-24(38)35-8-10-36(11-9-35)28-20-12-17(2)25(19-13-21(30)23(32)14-22(19)31)27-26(20)37(29(39)33-28)18(16-40-27)15-34-6-4-5-7-34;1-3-23(38)35-4-6-36(7-5-35)27-19-8-15(2)24(18-9-20(29)22(32)10-21(18)31)26-25(19)37(28(39)33-27)17(14-40-26)13-34-11-16(30)12-34;1-3-23(37)34-7-9-35(10-8-34)27-19-11-16(2)24(18-12-20(29)22(31)13-21(18)30)26-25(19)36(28(38)32-27)17(15-39-26)14-33-5-4-6-33/h3,12-14,18H,1,4-11,15-16H2,2H3;3,8-10,16-17H,1,4-7,11-14H2,2H3;3,11-13,17H,1,4-10,14-15H2,2H3. The molecule has 9 aromatic rings. The number of carbonyl (C=O) groups excluding carboxylic acids is 3. The first-order valence-corrected chi connectivity index (χ1v) is 43.7. The maximum absolute atomic E-state index is 15.2. The molecule has 3 unspecified atom stereocenters. The maximum Gasteiger partial charge on any atom is 0.350 e. The van der Waals surface area contributed by atoms with E-state index >= 15 is 13.2 Å². The predicted molar refractivity (Wildman–Crippen MR) is 458 cm³/mol. The Morgan fingerprint density at radius 3 is 0.941 bits per heavy atom. The predicted octanol–water partition coefficient (Wildman–Crippen LogP) is 13.8. The molecule has 9 aliphatic rings. The van der Waals surface area contributed by atoms with Gasteiger partial charge in [0.2, 0.25) is 17.7 Å². The molecule has 12 heterocycles. The summed E-state index contributed by atoms with van der Waals surface area (Å²) in [5, 5.41) is 1.84. The largest absolute Gasteiger partial charge is 0.352 e. The number of carbonyl (C=O) groups is 3. The van der Waals surface area contributed by atoms with Crippen LogP contribution < -0.4 is 31.8 Å². The van der Waals surface area contributed by atoms with Crippen molar-refractivity contribution in [1.82, 2.24) is 58.1 Å². The lowest BCUT2D eigenvalue weighted by Gasteiger charge is -2.39. The Morgan fingerprint density at radius 1 is 0.403 bits per heavy atom. The van der Waals surface area contributed by atoms with Crippen LogP contribution in [0.2, 0.25) is 15.1 Å². The summed E-state index contributed by atoms with van der Waals surface area (Å²) in [6.07, 6.45) is 6.48. The number of hydrogen-bond acceptors (Lipinski definition) is 18. The van der Waals surface area contributed by atoms with Crippen molar-refractivity contribution in [2.75, 3.05) is 169 Å². The van der Waals surface area contributed by atoms with Crippen molar-refractivity contribution in [1.29, 1.82) is 0 Å². The minimum atomic E-state index is -0.868. The first-order valence-electron chi connectivity index (χ1n) is 39.6. The van der Waals surface area contributed by atoms with Crippen LogP contribution in [0.4, 0.5) is 48.2 Å². The Hall–Kier alpha value is -8.92. The highest BCUT2D eigenvalue weighted by atomic mass is 35.5. The average molecular weight is 1750 g/mol. The van der Waals surface area contributed by atoms with Crippen LogP contribution in [0.15, 0.2) is 122 Å². The summed E-state index contributed by atoms with van der Waals surface area (Å²) in [7, 11) is 0. The van der Waals surface area contributed by atoms with Gasteiger partial charge in [-0.3, -0.25) is 33.0 Å². The zero-order valence-electron chi connectivity index (χ0n) is 65.6. The molecule has 6 aromatic carbocycles. The van der Waals surface area contributed by atoms with Crippen molar-refractivity contribution in [2.45, 2.75) is 79.0 Å². The number of anilines is 3. The van der Waals surface area contributed by atoms with Crippen LogP contribution in [0.1, 0.15) is 54.1 Å². The number of piperazine rings is 3. The lowest BCUT2D eigenvalue weighted by molar-refractivity contribution is -0.127. The van der Waals surface area contributed by atoms with Crippen molar-refractivity contribution >= 4 is 138 Å². The van der Waals surface area contributed by atoms with Gasteiger partial charge >= 0.3 is 17.1 Å². The van der Waals surface area contributed by atoms with E-state index in [1.165, 1.54) is 48.2 Å². The van der Waals surface area contributed by atoms with E-state index in [4.69, 9.17) is 34.8 Å². The zero-order chi connectivity index (χ0) is 83.8. The molecule has 0 N–H and O–H groups in total. The quantitative estimate of drug-likeness (QED) is 0.0535. The molecule has 0 aliphatic carbocycles. The van der Waals surface area contributed by atoms with E-state index in [1.807, 2.05) is 58.6 Å². The molecule has 0 spiro atoms. The molecule has 0 saturated carbocycles. The van der Waals surface area contributed by atoms with Gasteiger partial charge in [0.05, 0.1) is 49.7 Å². The summed E-state index contributed by atoms with van der Waals surface area (Å²) in [6, 6.07) is 11.7. The molecular formula is C85H85Cl3F7N15O6S3. The summed E-state index contributed by atoms with van der Waals surface area (Å²) in [4.78, 5) is 111. The molecule has 0 radical (unpaired) electrons. The second kappa shape index (κ2) is 34.5. The minimum absolute atomic E-state index is 0.0846. The minimum Gasteiger partial charge on any atom is -0.352 e. The fourth-order valence-electron chi connectivity index (χ4n) is 17.8. The van der Waals surface area contributed by atoms with Crippen LogP contribution in [0.3, 0.4) is 0 Å². The average Bonchev–Trinajstić information content (AvgIpc) is 0.829. The Morgan fingerprint density at radius 2 is 0.681 bits per heavy atom. The van der Waals surface area contributed by atoms with Crippen molar-refractivity contribution in [3.8, 4) is 33.4 Å². The number of hydrogen-bond donors (Lipinski definition) is 0. The van der Waals surface area contributed by atoms with E-state index in [0.717, 1.165) is 130 Å². The molecule has 6 saturated heterocycles. The number of benzene rings is 6. The molecule has 9 aliphatic heterocycles. The van der Waals surface area contributed by atoms with E-state index in [2.05, 4.69) is 44.5 Å². The molecule has 624 valence electrons. The molecular weight excluding hydrogens is 1660 g/mol. The summed E-state index contributed by atoms with van der Waals surface area (Å²) >= 11 is 22.9. The van der Waals surface area contributed by atoms with Gasteiger partial charge in [-0.1, -0.05) is 54.5 Å². The van der Waals surface area contributed by atoms with Gasteiger partial charge in [-0.05, 0) is 138 Å². The fraction of sp³-hybridized carbons (Fsp3) is 0.400. The molecule has 119 heavy (non-hydrogen) atoms.